The lowest BCUT2D eigenvalue weighted by Crippen LogP contribution is -2.40. The molecule has 2 rings (SSSR count). The molecule has 3 unspecified atom stereocenters. The van der Waals surface area contributed by atoms with Crippen LogP contribution in [-0.2, 0) is 4.74 Å². The SMILES string of the molecule is CC1CCCC(CNC2CCN(C(=O)OC(C)(C)C)C2)C1. The summed E-state index contributed by atoms with van der Waals surface area (Å²) in [6, 6.07) is 0.440. The number of hydrogen-bond donors (Lipinski definition) is 1. The van der Waals surface area contributed by atoms with E-state index in [2.05, 4.69) is 12.2 Å². The van der Waals surface area contributed by atoms with Gasteiger partial charge in [0.25, 0.3) is 0 Å². The third-order valence-electron chi connectivity index (χ3n) is 4.58. The molecule has 0 bridgehead atoms. The number of carbonyl (C=O) groups excluding carboxylic acids is 1. The van der Waals surface area contributed by atoms with Crippen LogP contribution in [0.2, 0.25) is 0 Å². The predicted octanol–water partition coefficient (Wildman–Crippen LogP) is 3.41. The predicted molar refractivity (Wildman–Crippen MR) is 85.3 cm³/mol. The zero-order valence-corrected chi connectivity index (χ0v) is 14.2. The van der Waals surface area contributed by atoms with Gasteiger partial charge in [0, 0.05) is 19.1 Å². The van der Waals surface area contributed by atoms with Gasteiger partial charge in [-0.2, -0.15) is 0 Å². The molecular weight excluding hydrogens is 264 g/mol. The van der Waals surface area contributed by atoms with E-state index >= 15 is 0 Å². The van der Waals surface area contributed by atoms with Gasteiger partial charge in [0.05, 0.1) is 0 Å². The summed E-state index contributed by atoms with van der Waals surface area (Å²) in [5.41, 5.74) is -0.402. The Kier molecular flexibility index (Phi) is 5.53. The van der Waals surface area contributed by atoms with Crippen LogP contribution in [-0.4, -0.2) is 42.3 Å². The van der Waals surface area contributed by atoms with Gasteiger partial charge >= 0.3 is 6.09 Å². The highest BCUT2D eigenvalue weighted by Gasteiger charge is 2.30. The zero-order chi connectivity index (χ0) is 15.5. The average molecular weight is 296 g/mol. The molecule has 1 aliphatic heterocycles. The van der Waals surface area contributed by atoms with Crippen molar-refractivity contribution in [2.75, 3.05) is 19.6 Å². The normalized spacial score (nSPS) is 30.5. The second-order valence-electron chi connectivity index (χ2n) is 7.96. The van der Waals surface area contributed by atoms with E-state index in [-0.39, 0.29) is 6.09 Å². The van der Waals surface area contributed by atoms with Gasteiger partial charge in [0.2, 0.25) is 0 Å². The van der Waals surface area contributed by atoms with Crippen molar-refractivity contribution >= 4 is 6.09 Å². The molecule has 4 heteroatoms. The van der Waals surface area contributed by atoms with E-state index in [4.69, 9.17) is 4.74 Å². The van der Waals surface area contributed by atoms with Crippen LogP contribution < -0.4 is 5.32 Å². The first-order chi connectivity index (χ1) is 9.83. The second kappa shape index (κ2) is 6.99. The van der Waals surface area contributed by atoms with Crippen LogP contribution in [0, 0.1) is 11.8 Å². The molecule has 0 radical (unpaired) electrons. The minimum absolute atomic E-state index is 0.168. The van der Waals surface area contributed by atoms with Crippen molar-refractivity contribution in [2.24, 2.45) is 11.8 Å². The fraction of sp³-hybridized carbons (Fsp3) is 0.941. The summed E-state index contributed by atoms with van der Waals surface area (Å²) in [7, 11) is 0. The molecule has 4 nitrogen and oxygen atoms in total. The summed E-state index contributed by atoms with van der Waals surface area (Å²) in [5, 5.41) is 3.67. The molecule has 1 saturated carbocycles. The first kappa shape index (κ1) is 16.6. The molecular formula is C17H32N2O2. The number of rotatable bonds is 3. The second-order valence-corrected chi connectivity index (χ2v) is 7.96. The number of carbonyl (C=O) groups is 1. The van der Waals surface area contributed by atoms with E-state index in [1.165, 1.54) is 25.7 Å². The lowest BCUT2D eigenvalue weighted by molar-refractivity contribution is 0.0290. The maximum atomic E-state index is 12.0. The van der Waals surface area contributed by atoms with E-state index < -0.39 is 5.60 Å². The van der Waals surface area contributed by atoms with Crippen LogP contribution in [0.15, 0.2) is 0 Å². The van der Waals surface area contributed by atoms with Crippen molar-refractivity contribution in [1.82, 2.24) is 10.2 Å². The number of amides is 1. The summed E-state index contributed by atoms with van der Waals surface area (Å²) in [5.74, 6) is 1.71. The Hall–Kier alpha value is -0.770. The Morgan fingerprint density at radius 1 is 1.29 bits per heavy atom. The molecule has 1 heterocycles. The van der Waals surface area contributed by atoms with Gasteiger partial charge in [-0.05, 0) is 58.4 Å². The standard InChI is InChI=1S/C17H32N2O2/c1-13-6-5-7-14(10-13)11-18-15-8-9-19(12-15)16(20)21-17(2,3)4/h13-15,18H,5-12H2,1-4H3. The summed E-state index contributed by atoms with van der Waals surface area (Å²) in [6.45, 7) is 10.8. The van der Waals surface area contributed by atoms with Crippen LogP contribution >= 0.6 is 0 Å². The van der Waals surface area contributed by atoms with Gasteiger partial charge in [-0.3, -0.25) is 0 Å². The highest BCUT2D eigenvalue weighted by Crippen LogP contribution is 2.28. The Morgan fingerprint density at radius 2 is 2.05 bits per heavy atom. The van der Waals surface area contributed by atoms with Crippen LogP contribution in [0.4, 0.5) is 4.79 Å². The van der Waals surface area contributed by atoms with Crippen LogP contribution in [0.1, 0.15) is 59.8 Å². The van der Waals surface area contributed by atoms with Crippen molar-refractivity contribution in [1.29, 1.82) is 0 Å². The lowest BCUT2D eigenvalue weighted by atomic mass is 9.82. The van der Waals surface area contributed by atoms with Crippen LogP contribution in [0.25, 0.3) is 0 Å². The van der Waals surface area contributed by atoms with Gasteiger partial charge in [0.1, 0.15) is 5.60 Å². The molecule has 2 fully saturated rings. The van der Waals surface area contributed by atoms with Crippen LogP contribution in [0.3, 0.4) is 0 Å². The molecule has 0 aromatic carbocycles. The van der Waals surface area contributed by atoms with E-state index in [9.17, 15) is 4.79 Å². The number of nitrogens with one attached hydrogen (secondary N) is 1. The molecule has 1 saturated heterocycles. The van der Waals surface area contributed by atoms with Gasteiger partial charge in [0.15, 0.2) is 0 Å². The summed E-state index contributed by atoms with van der Waals surface area (Å²) in [4.78, 5) is 13.9. The Morgan fingerprint density at radius 3 is 2.71 bits per heavy atom. The number of hydrogen-bond acceptors (Lipinski definition) is 3. The topological polar surface area (TPSA) is 41.6 Å². The molecule has 1 aliphatic carbocycles. The van der Waals surface area contributed by atoms with E-state index in [1.807, 2.05) is 25.7 Å². The van der Waals surface area contributed by atoms with Crippen molar-refractivity contribution < 1.29 is 9.53 Å². The lowest BCUT2D eigenvalue weighted by Gasteiger charge is -2.28. The summed E-state index contributed by atoms with van der Waals surface area (Å²) >= 11 is 0. The zero-order valence-electron chi connectivity index (χ0n) is 14.2. The third-order valence-corrected chi connectivity index (χ3v) is 4.58. The Bertz CT molecular complexity index is 351. The van der Waals surface area contributed by atoms with Gasteiger partial charge < -0.3 is 15.0 Å². The van der Waals surface area contributed by atoms with E-state index in [1.54, 1.807) is 0 Å². The number of ether oxygens (including phenoxy) is 1. The quantitative estimate of drug-likeness (QED) is 0.867. The molecule has 21 heavy (non-hydrogen) atoms. The maximum absolute atomic E-state index is 12.0. The molecule has 122 valence electrons. The van der Waals surface area contributed by atoms with E-state index in [0.29, 0.717) is 6.04 Å². The highest BCUT2D eigenvalue weighted by atomic mass is 16.6. The monoisotopic (exact) mass is 296 g/mol. The van der Waals surface area contributed by atoms with Crippen molar-refractivity contribution in [3.8, 4) is 0 Å². The minimum atomic E-state index is -0.402. The minimum Gasteiger partial charge on any atom is -0.444 e. The maximum Gasteiger partial charge on any atom is 0.410 e. The third kappa shape index (κ3) is 5.50. The highest BCUT2D eigenvalue weighted by molar-refractivity contribution is 5.68. The van der Waals surface area contributed by atoms with Crippen LogP contribution in [0.5, 0.6) is 0 Å². The first-order valence-electron chi connectivity index (χ1n) is 8.55. The Labute approximate surface area is 129 Å². The molecule has 2 aliphatic rings. The van der Waals surface area contributed by atoms with Gasteiger partial charge in [-0.25, -0.2) is 4.79 Å². The summed E-state index contributed by atoms with van der Waals surface area (Å²) in [6.07, 6.45) is 6.36. The smallest absolute Gasteiger partial charge is 0.410 e. The molecule has 1 amide bonds. The largest absolute Gasteiger partial charge is 0.444 e. The van der Waals surface area contributed by atoms with Crippen molar-refractivity contribution in [3.05, 3.63) is 0 Å². The molecule has 0 spiro atoms. The van der Waals surface area contributed by atoms with Crippen molar-refractivity contribution in [2.45, 2.75) is 71.4 Å². The first-order valence-corrected chi connectivity index (χ1v) is 8.55. The number of likely N-dealkylation sites (tertiary alicyclic amines) is 1. The summed E-state index contributed by atoms with van der Waals surface area (Å²) < 4.78 is 5.44. The molecule has 0 aromatic heterocycles. The van der Waals surface area contributed by atoms with Crippen molar-refractivity contribution in [3.63, 3.8) is 0 Å². The molecule has 0 aromatic rings. The fourth-order valence-corrected chi connectivity index (χ4v) is 3.50. The van der Waals surface area contributed by atoms with Gasteiger partial charge in [-0.1, -0.05) is 19.8 Å². The van der Waals surface area contributed by atoms with E-state index in [0.717, 1.165) is 37.9 Å². The Balaban J connectivity index is 1.69. The molecule has 1 N–H and O–H groups in total. The average Bonchev–Trinajstić information content (AvgIpc) is 2.83. The fourth-order valence-electron chi connectivity index (χ4n) is 3.50. The number of nitrogens with zero attached hydrogens (tertiary/aromatic N) is 1. The van der Waals surface area contributed by atoms with Gasteiger partial charge in [-0.15, -0.1) is 0 Å². The molecule has 3 atom stereocenters.